The van der Waals surface area contributed by atoms with E-state index in [1.807, 2.05) is 6.08 Å². The Morgan fingerprint density at radius 2 is 1.83 bits per heavy atom. The second kappa shape index (κ2) is 9.35. The summed E-state index contributed by atoms with van der Waals surface area (Å²) in [6.45, 7) is 2.25. The van der Waals surface area contributed by atoms with Crippen LogP contribution in [0.1, 0.15) is 44.1 Å². The van der Waals surface area contributed by atoms with Crippen LogP contribution < -0.4 is 4.74 Å². The van der Waals surface area contributed by atoms with Crippen molar-refractivity contribution in [2.45, 2.75) is 44.7 Å². The maximum Gasteiger partial charge on any atom is 0.422 e. The number of allylic oxidation sites excluding steroid dienone is 1. The summed E-state index contributed by atoms with van der Waals surface area (Å²) in [5.41, 5.74) is 0.678. The van der Waals surface area contributed by atoms with Gasteiger partial charge < -0.3 is 4.74 Å². The van der Waals surface area contributed by atoms with Crippen LogP contribution in [0.5, 0.6) is 5.75 Å². The molecule has 1 fully saturated rings. The van der Waals surface area contributed by atoms with Gasteiger partial charge in [0, 0.05) is 22.3 Å². The lowest BCUT2D eigenvalue weighted by molar-refractivity contribution is -0.153. The molecule has 5 heteroatoms. The van der Waals surface area contributed by atoms with Crippen LogP contribution >= 0.6 is 0 Å². The van der Waals surface area contributed by atoms with Crippen LogP contribution in [0.3, 0.4) is 0 Å². The quantitative estimate of drug-likeness (QED) is 0.295. The van der Waals surface area contributed by atoms with Crippen LogP contribution in [-0.4, -0.2) is 12.8 Å². The predicted octanol–water partition coefficient (Wildman–Crippen LogP) is 7.04. The molecule has 0 bridgehead atoms. The summed E-state index contributed by atoms with van der Waals surface area (Å²) in [5.74, 6) is 6.35. The Hall–Kier alpha value is -2.48. The summed E-state index contributed by atoms with van der Waals surface area (Å²) in [7, 11) is 0. The third-order valence-electron chi connectivity index (χ3n) is 5.39. The maximum atomic E-state index is 14.6. The van der Waals surface area contributed by atoms with Crippen molar-refractivity contribution in [1.29, 1.82) is 0 Å². The lowest BCUT2D eigenvalue weighted by Gasteiger charge is -2.25. The molecule has 0 unspecified atom stereocenters. The molecule has 29 heavy (non-hydrogen) atoms. The molecule has 0 aromatic heterocycles. The average Bonchev–Trinajstić information content (AvgIpc) is 2.70. The number of rotatable bonds is 5. The van der Waals surface area contributed by atoms with Gasteiger partial charge in [0.1, 0.15) is 0 Å². The van der Waals surface area contributed by atoms with Crippen molar-refractivity contribution < 1.29 is 22.3 Å². The van der Waals surface area contributed by atoms with Crippen molar-refractivity contribution in [1.82, 2.24) is 0 Å². The molecule has 0 amide bonds. The zero-order valence-corrected chi connectivity index (χ0v) is 16.2. The molecule has 3 rings (SSSR count). The Balaban J connectivity index is 1.74. The van der Waals surface area contributed by atoms with Gasteiger partial charge in [-0.2, -0.15) is 13.2 Å². The lowest BCUT2D eigenvalue weighted by atomic mass is 9.80. The highest BCUT2D eigenvalue weighted by Gasteiger charge is 2.29. The number of alkyl halides is 3. The number of halogens is 4. The molecule has 0 saturated heterocycles. The van der Waals surface area contributed by atoms with Crippen LogP contribution in [0.25, 0.3) is 10.8 Å². The molecule has 2 aromatic carbocycles. The third kappa shape index (κ3) is 5.76. The Morgan fingerprint density at radius 3 is 2.52 bits per heavy atom. The van der Waals surface area contributed by atoms with Gasteiger partial charge >= 0.3 is 6.18 Å². The van der Waals surface area contributed by atoms with E-state index in [0.29, 0.717) is 16.9 Å². The molecule has 1 aliphatic rings. The number of benzene rings is 2. The Labute approximate surface area is 168 Å². The van der Waals surface area contributed by atoms with Crippen molar-refractivity contribution >= 4 is 10.8 Å². The minimum absolute atomic E-state index is 0.213. The molecule has 0 radical (unpaired) electrons. The first-order chi connectivity index (χ1) is 13.9. The van der Waals surface area contributed by atoms with Gasteiger partial charge in [-0.05, 0) is 62.6 Å². The Kier molecular flexibility index (Phi) is 6.84. The van der Waals surface area contributed by atoms with Crippen LogP contribution in [-0.2, 0) is 0 Å². The highest BCUT2D eigenvalue weighted by atomic mass is 19.4. The van der Waals surface area contributed by atoms with E-state index in [9.17, 15) is 17.6 Å². The normalized spacial score (nSPS) is 19.4. The second-order valence-electron chi connectivity index (χ2n) is 7.54. The Morgan fingerprint density at radius 1 is 1.07 bits per heavy atom. The highest BCUT2D eigenvalue weighted by molar-refractivity contribution is 5.89. The number of hydrogen-bond acceptors (Lipinski definition) is 1. The SMILES string of the molecule is C=CCCC1CCC(C#Cc2cccc3c(F)c(OCC(F)(F)F)ccc23)CC1. The van der Waals surface area contributed by atoms with Gasteiger partial charge in [-0.15, -0.1) is 6.58 Å². The zero-order valence-electron chi connectivity index (χ0n) is 16.2. The maximum absolute atomic E-state index is 14.6. The molecule has 1 saturated carbocycles. The van der Waals surface area contributed by atoms with E-state index in [2.05, 4.69) is 23.2 Å². The van der Waals surface area contributed by atoms with Crippen molar-refractivity contribution in [3.63, 3.8) is 0 Å². The molecule has 0 heterocycles. The van der Waals surface area contributed by atoms with Crippen molar-refractivity contribution in [2.75, 3.05) is 6.61 Å². The fourth-order valence-corrected chi connectivity index (χ4v) is 3.81. The molecule has 0 spiro atoms. The second-order valence-corrected chi connectivity index (χ2v) is 7.54. The van der Waals surface area contributed by atoms with E-state index in [1.165, 1.54) is 18.6 Å². The van der Waals surface area contributed by atoms with E-state index >= 15 is 0 Å². The van der Waals surface area contributed by atoms with E-state index in [1.54, 1.807) is 18.2 Å². The van der Waals surface area contributed by atoms with E-state index in [0.717, 1.165) is 38.0 Å². The third-order valence-corrected chi connectivity index (χ3v) is 5.39. The van der Waals surface area contributed by atoms with Gasteiger partial charge in [0.25, 0.3) is 0 Å². The number of fused-ring (bicyclic) bond motifs is 1. The summed E-state index contributed by atoms with van der Waals surface area (Å²) >= 11 is 0. The van der Waals surface area contributed by atoms with Crippen molar-refractivity contribution in [2.24, 2.45) is 11.8 Å². The molecular weight excluding hydrogens is 380 g/mol. The molecule has 2 aromatic rings. The van der Waals surface area contributed by atoms with Gasteiger partial charge in [-0.25, -0.2) is 4.39 Å². The lowest BCUT2D eigenvalue weighted by Crippen LogP contribution is -2.19. The molecule has 154 valence electrons. The highest BCUT2D eigenvalue weighted by Crippen LogP contribution is 2.32. The summed E-state index contributed by atoms with van der Waals surface area (Å²) in [4.78, 5) is 0. The summed E-state index contributed by atoms with van der Waals surface area (Å²) in [5, 5.41) is 0.793. The zero-order chi connectivity index (χ0) is 20.9. The monoisotopic (exact) mass is 404 g/mol. The molecular formula is C24H24F4O. The first-order valence-corrected chi connectivity index (χ1v) is 9.90. The fourth-order valence-electron chi connectivity index (χ4n) is 3.81. The first-order valence-electron chi connectivity index (χ1n) is 9.90. The largest absolute Gasteiger partial charge is 0.481 e. The molecule has 0 aliphatic heterocycles. The van der Waals surface area contributed by atoms with Gasteiger partial charge in [0.15, 0.2) is 18.2 Å². The van der Waals surface area contributed by atoms with Crippen LogP contribution in [0.15, 0.2) is 43.0 Å². The summed E-state index contributed by atoms with van der Waals surface area (Å²) in [6.07, 6.45) is 4.13. The Bertz CT molecular complexity index is 912. The molecule has 0 atom stereocenters. The van der Waals surface area contributed by atoms with E-state index < -0.39 is 24.3 Å². The van der Waals surface area contributed by atoms with Gasteiger partial charge in [-0.3, -0.25) is 0 Å². The van der Waals surface area contributed by atoms with E-state index in [4.69, 9.17) is 0 Å². The summed E-state index contributed by atoms with van der Waals surface area (Å²) in [6, 6.07) is 7.80. The average molecular weight is 404 g/mol. The smallest absolute Gasteiger partial charge is 0.422 e. The van der Waals surface area contributed by atoms with Crippen LogP contribution in [0.2, 0.25) is 0 Å². The predicted molar refractivity (Wildman–Crippen MR) is 107 cm³/mol. The number of hydrogen-bond donors (Lipinski definition) is 0. The van der Waals surface area contributed by atoms with Crippen molar-refractivity contribution in [3.8, 4) is 17.6 Å². The molecule has 1 aliphatic carbocycles. The number of ether oxygens (including phenoxy) is 1. The molecule has 0 N–H and O–H groups in total. The standard InChI is InChI=1S/C24H24F4O/c1-2-3-5-17-8-10-18(11-9-17)12-13-19-6-4-7-21-20(19)14-15-22(23(21)25)29-16-24(26,27)28/h2,4,6-7,14-15,17-18H,1,3,5,8-11,16H2. The van der Waals surface area contributed by atoms with Crippen LogP contribution in [0.4, 0.5) is 17.6 Å². The summed E-state index contributed by atoms with van der Waals surface area (Å²) < 4.78 is 56.2. The minimum atomic E-state index is -4.51. The van der Waals surface area contributed by atoms with Gasteiger partial charge in [0.05, 0.1) is 0 Å². The first kappa shape index (κ1) is 21.2. The van der Waals surface area contributed by atoms with Gasteiger partial charge in [-0.1, -0.05) is 30.0 Å². The van der Waals surface area contributed by atoms with Crippen LogP contribution in [0, 0.1) is 29.5 Å². The molecule has 1 nitrogen and oxygen atoms in total. The minimum Gasteiger partial charge on any atom is -0.481 e. The van der Waals surface area contributed by atoms with Gasteiger partial charge in [0.2, 0.25) is 0 Å². The topological polar surface area (TPSA) is 9.23 Å². The van der Waals surface area contributed by atoms with E-state index in [-0.39, 0.29) is 5.39 Å². The fraction of sp³-hybridized carbons (Fsp3) is 0.417. The van der Waals surface area contributed by atoms with Crippen molar-refractivity contribution in [3.05, 3.63) is 54.4 Å².